The zero-order chi connectivity index (χ0) is 31.4. The smallest absolute Gasteiger partial charge is 0.162 e. The summed E-state index contributed by atoms with van der Waals surface area (Å²) in [6.07, 6.45) is 10.6. The maximum absolute atomic E-state index is 11.7. The molecule has 0 spiro atoms. The Morgan fingerprint density at radius 3 is 2.24 bits per heavy atom. The molecule has 1 radical (unpaired) electrons. The number of allylic oxidation sites excluding steroid dienone is 2. The zero-order valence-corrected chi connectivity index (χ0v) is 29.5. The van der Waals surface area contributed by atoms with Crippen LogP contribution >= 0.6 is 0 Å². The van der Waals surface area contributed by atoms with E-state index in [0.717, 1.165) is 42.3 Å². The molecule has 0 saturated heterocycles. The van der Waals surface area contributed by atoms with Crippen molar-refractivity contribution in [3.63, 3.8) is 0 Å². The van der Waals surface area contributed by atoms with E-state index in [0.29, 0.717) is 0 Å². The predicted molar refractivity (Wildman–Crippen MR) is 183 cm³/mol. The number of aliphatic hydroxyl groups excluding tert-OH is 1. The van der Waals surface area contributed by atoms with E-state index in [1.807, 2.05) is 52.4 Å². The summed E-state index contributed by atoms with van der Waals surface area (Å²) >= 11 is 0. The van der Waals surface area contributed by atoms with E-state index in [-0.39, 0.29) is 48.9 Å². The van der Waals surface area contributed by atoms with E-state index in [4.69, 9.17) is 4.98 Å². The van der Waals surface area contributed by atoms with Gasteiger partial charge in [-0.3, -0.25) is 9.78 Å². The SMILES string of the molecule is CC1(C)c2c([c-]cc3cnccc23)-c2nccc3cc(-c4ccccc4)cc1c23.CCC(CC)C(=O)/C=C(\O)C(CC)CC.[Ir]. The molecular weight excluding hydrogens is 733 g/mol. The molecule has 0 amide bonds. The number of ketones is 1. The fourth-order valence-corrected chi connectivity index (χ4v) is 6.65. The second kappa shape index (κ2) is 14.6. The van der Waals surface area contributed by atoms with Crippen LogP contribution in [0.15, 0.2) is 91.1 Å². The molecule has 5 aromatic rings. The Labute approximate surface area is 281 Å². The van der Waals surface area contributed by atoms with Crippen molar-refractivity contribution in [2.45, 2.75) is 72.6 Å². The van der Waals surface area contributed by atoms with Gasteiger partial charge in [-0.05, 0) is 82.6 Å². The molecule has 4 nitrogen and oxygen atoms in total. The van der Waals surface area contributed by atoms with Crippen LogP contribution in [-0.2, 0) is 30.3 Å². The van der Waals surface area contributed by atoms with Gasteiger partial charge >= 0.3 is 0 Å². The van der Waals surface area contributed by atoms with Crippen LogP contribution in [0, 0.1) is 17.9 Å². The summed E-state index contributed by atoms with van der Waals surface area (Å²) in [5.41, 5.74) is 7.06. The Balaban J connectivity index is 0.000000249. The van der Waals surface area contributed by atoms with Crippen LogP contribution in [0.4, 0.5) is 0 Å². The number of aromatic nitrogens is 2. The standard InChI is InChI=1S/C27H19N2.C13H24O2.Ir/c1-27(2)23-15-20(17-6-4-3-5-7-17)14-18-10-13-29-26(24(18)23)22-9-8-19-16-28-12-11-21(19)25(22)27;1-5-10(6-2)12(14)9-13(15)11(7-3)8-4;/h3-8,10-16H,1-2H3;9-11,14H,5-8H2,1-4H3;/q-1;;/b;12-9-;. The summed E-state index contributed by atoms with van der Waals surface area (Å²) < 4.78 is 0. The van der Waals surface area contributed by atoms with E-state index in [9.17, 15) is 9.90 Å². The first-order chi connectivity index (χ1) is 21.2. The van der Waals surface area contributed by atoms with Gasteiger partial charge in [-0.2, -0.15) is 0 Å². The van der Waals surface area contributed by atoms with Crippen LogP contribution in [0.3, 0.4) is 0 Å². The van der Waals surface area contributed by atoms with Crippen molar-refractivity contribution in [3.8, 4) is 22.4 Å². The summed E-state index contributed by atoms with van der Waals surface area (Å²) in [5.74, 6) is 0.547. The minimum atomic E-state index is -0.175. The first kappa shape index (κ1) is 34.2. The van der Waals surface area contributed by atoms with Gasteiger partial charge in [-0.1, -0.05) is 94.8 Å². The number of nitrogens with zero attached hydrogens (tertiary/aromatic N) is 2. The molecule has 6 rings (SSSR count). The summed E-state index contributed by atoms with van der Waals surface area (Å²) in [7, 11) is 0. The minimum absolute atomic E-state index is 0. The topological polar surface area (TPSA) is 63.1 Å². The number of hydrogen-bond donors (Lipinski definition) is 1. The van der Waals surface area contributed by atoms with Gasteiger partial charge in [-0.25, -0.2) is 0 Å². The molecule has 0 saturated carbocycles. The molecule has 0 bridgehead atoms. The fourth-order valence-electron chi connectivity index (χ4n) is 6.65. The summed E-state index contributed by atoms with van der Waals surface area (Å²) in [6.45, 7) is 12.7. The van der Waals surface area contributed by atoms with Gasteiger partial charge in [0, 0.05) is 50.4 Å². The molecule has 1 aliphatic rings. The average molecular weight is 776 g/mol. The second-order valence-corrected chi connectivity index (χ2v) is 12.3. The maximum atomic E-state index is 11.7. The minimum Gasteiger partial charge on any atom is -0.512 e. The third kappa shape index (κ3) is 6.66. The largest absolute Gasteiger partial charge is 0.512 e. The number of hydrogen-bond acceptors (Lipinski definition) is 4. The van der Waals surface area contributed by atoms with Crippen LogP contribution < -0.4 is 0 Å². The average Bonchev–Trinajstić information content (AvgIpc) is 3.04. The summed E-state index contributed by atoms with van der Waals surface area (Å²) in [5, 5.41) is 14.6. The number of pyridine rings is 2. The number of fused-ring (bicyclic) bond motifs is 4. The number of benzene rings is 3. The predicted octanol–water partition coefficient (Wildman–Crippen LogP) is 10.4. The normalized spacial score (nSPS) is 13.3. The maximum Gasteiger partial charge on any atom is 0.162 e. The van der Waals surface area contributed by atoms with Crippen molar-refractivity contribution in [2.24, 2.45) is 11.8 Å². The third-order valence-electron chi connectivity index (χ3n) is 9.33. The second-order valence-electron chi connectivity index (χ2n) is 12.3. The monoisotopic (exact) mass is 776 g/mol. The van der Waals surface area contributed by atoms with Crippen molar-refractivity contribution >= 4 is 27.3 Å². The van der Waals surface area contributed by atoms with Crippen LogP contribution in [-0.4, -0.2) is 20.9 Å². The van der Waals surface area contributed by atoms with Gasteiger partial charge in [0.2, 0.25) is 0 Å². The van der Waals surface area contributed by atoms with Gasteiger partial charge in [0.1, 0.15) is 0 Å². The van der Waals surface area contributed by atoms with Gasteiger partial charge in [-0.15, -0.1) is 23.3 Å². The zero-order valence-electron chi connectivity index (χ0n) is 27.1. The third-order valence-corrected chi connectivity index (χ3v) is 9.33. The van der Waals surface area contributed by atoms with E-state index >= 15 is 0 Å². The van der Waals surface area contributed by atoms with Crippen LogP contribution in [0.1, 0.15) is 78.4 Å². The quantitative estimate of drug-likeness (QED) is 0.0969. The Kier molecular flexibility index (Phi) is 11.1. The molecule has 0 atom stereocenters. The Morgan fingerprint density at radius 1 is 0.889 bits per heavy atom. The Bertz CT molecular complexity index is 1820. The molecule has 45 heavy (non-hydrogen) atoms. The van der Waals surface area contributed by atoms with Crippen LogP contribution in [0.25, 0.3) is 43.9 Å². The molecule has 5 heteroatoms. The molecular formula is C40H43IrN2O2-. The number of carbonyl (C=O) groups excluding carboxylic acids is 1. The number of carbonyl (C=O) groups is 1. The molecule has 0 aliphatic heterocycles. The van der Waals surface area contributed by atoms with E-state index in [1.165, 1.54) is 44.5 Å². The molecule has 2 heterocycles. The van der Waals surface area contributed by atoms with Crippen LogP contribution in [0.2, 0.25) is 0 Å². The van der Waals surface area contributed by atoms with Gasteiger partial charge in [0.15, 0.2) is 5.78 Å². The van der Waals surface area contributed by atoms with Gasteiger partial charge in [0.25, 0.3) is 0 Å². The van der Waals surface area contributed by atoms with Crippen molar-refractivity contribution in [3.05, 3.63) is 108 Å². The molecule has 0 unspecified atom stereocenters. The first-order valence-corrected chi connectivity index (χ1v) is 16.0. The van der Waals surface area contributed by atoms with Crippen molar-refractivity contribution in [1.82, 2.24) is 9.97 Å². The first-order valence-electron chi connectivity index (χ1n) is 16.0. The Hall–Kier alpha value is -3.66. The molecule has 1 N–H and O–H groups in total. The molecule has 235 valence electrons. The van der Waals surface area contributed by atoms with E-state index in [1.54, 1.807) is 0 Å². The van der Waals surface area contributed by atoms with Crippen molar-refractivity contribution in [2.75, 3.05) is 0 Å². The summed E-state index contributed by atoms with van der Waals surface area (Å²) in [4.78, 5) is 20.8. The summed E-state index contributed by atoms with van der Waals surface area (Å²) in [6, 6.07) is 25.1. The van der Waals surface area contributed by atoms with Crippen molar-refractivity contribution < 1.29 is 30.0 Å². The molecule has 2 aromatic heterocycles. The number of rotatable bonds is 8. The Morgan fingerprint density at radius 2 is 1.58 bits per heavy atom. The van der Waals surface area contributed by atoms with Crippen molar-refractivity contribution in [1.29, 1.82) is 0 Å². The van der Waals surface area contributed by atoms with Crippen LogP contribution in [0.5, 0.6) is 0 Å². The molecule has 1 aliphatic carbocycles. The molecule has 0 fully saturated rings. The fraction of sp³-hybridized carbons (Fsp3) is 0.325. The van der Waals surface area contributed by atoms with E-state index < -0.39 is 0 Å². The number of aliphatic hydroxyl groups is 1. The van der Waals surface area contributed by atoms with Gasteiger partial charge in [0.05, 0.1) is 5.76 Å². The van der Waals surface area contributed by atoms with E-state index in [2.05, 4.69) is 79.5 Å². The molecule has 3 aromatic carbocycles. The van der Waals surface area contributed by atoms with Gasteiger partial charge < -0.3 is 10.1 Å².